The van der Waals surface area contributed by atoms with E-state index in [-0.39, 0.29) is 11.5 Å². The summed E-state index contributed by atoms with van der Waals surface area (Å²) in [4.78, 5) is 17.9. The molecular weight excluding hydrogens is 430 g/mol. The van der Waals surface area contributed by atoms with Crippen molar-refractivity contribution < 1.29 is 13.2 Å². The number of nitrogens with one attached hydrogen (secondary N) is 2. The van der Waals surface area contributed by atoms with Gasteiger partial charge in [0, 0.05) is 54.0 Å². The van der Waals surface area contributed by atoms with Crippen LogP contribution in [0, 0.1) is 0 Å². The van der Waals surface area contributed by atoms with Crippen LogP contribution in [-0.4, -0.2) is 42.4 Å². The van der Waals surface area contributed by atoms with E-state index in [0.29, 0.717) is 47.0 Å². The van der Waals surface area contributed by atoms with Crippen LogP contribution >= 0.6 is 0 Å². The van der Waals surface area contributed by atoms with Gasteiger partial charge in [-0.2, -0.15) is 18.2 Å². The lowest BCUT2D eigenvalue weighted by atomic mass is 10.1. The molecule has 0 spiro atoms. The predicted molar refractivity (Wildman–Crippen MR) is 123 cm³/mol. The van der Waals surface area contributed by atoms with E-state index in [0.717, 1.165) is 11.1 Å². The minimum atomic E-state index is -3.80. The molecule has 32 heavy (non-hydrogen) atoms. The standard InChI is InChI=1S/C22H21N5O4S/c1-27-12-16(11-24-27)15-8-20-21(23-10-15)5-3-14-2-4-17(9-19(14)22(20)28)25-32(29,30)26-18-6-7-31-13-18/h2-5,8-12,18,25-26H,6-7,13H2,1H3. The first kappa shape index (κ1) is 20.6. The Bertz CT molecular complexity index is 1490. The van der Waals surface area contributed by atoms with E-state index in [9.17, 15) is 13.2 Å². The number of pyridine rings is 1. The number of aromatic nitrogens is 3. The Balaban J connectivity index is 1.57. The van der Waals surface area contributed by atoms with Gasteiger partial charge in [0.05, 0.1) is 24.0 Å². The zero-order chi connectivity index (χ0) is 22.3. The van der Waals surface area contributed by atoms with Crippen molar-refractivity contribution in [3.8, 4) is 11.1 Å². The van der Waals surface area contributed by atoms with Crippen molar-refractivity contribution in [2.45, 2.75) is 12.5 Å². The molecular formula is C22H21N5O4S. The number of fused-ring (bicyclic) bond motifs is 2. The first-order chi connectivity index (χ1) is 15.4. The third kappa shape index (κ3) is 4.07. The minimum absolute atomic E-state index is 0.226. The summed E-state index contributed by atoms with van der Waals surface area (Å²) in [6.45, 7) is 0.874. The van der Waals surface area contributed by atoms with Crippen LogP contribution < -0.4 is 14.9 Å². The van der Waals surface area contributed by atoms with E-state index in [2.05, 4.69) is 19.5 Å². The van der Waals surface area contributed by atoms with Gasteiger partial charge in [0.15, 0.2) is 5.43 Å². The summed E-state index contributed by atoms with van der Waals surface area (Å²) in [7, 11) is -1.98. The molecule has 3 heterocycles. The van der Waals surface area contributed by atoms with E-state index in [1.54, 1.807) is 47.4 Å². The Morgan fingerprint density at radius 1 is 1.09 bits per heavy atom. The van der Waals surface area contributed by atoms with Gasteiger partial charge in [0.2, 0.25) is 0 Å². The van der Waals surface area contributed by atoms with Crippen molar-refractivity contribution in [2.24, 2.45) is 7.05 Å². The number of ether oxygens (including phenoxy) is 1. The van der Waals surface area contributed by atoms with Crippen LogP contribution in [0.1, 0.15) is 6.42 Å². The molecule has 0 saturated carbocycles. The van der Waals surface area contributed by atoms with E-state index in [1.807, 2.05) is 19.3 Å². The highest BCUT2D eigenvalue weighted by Gasteiger charge is 2.22. The number of hydrogen-bond acceptors (Lipinski definition) is 6. The van der Waals surface area contributed by atoms with Crippen molar-refractivity contribution in [3.63, 3.8) is 0 Å². The van der Waals surface area contributed by atoms with E-state index in [4.69, 9.17) is 4.74 Å². The molecule has 0 bridgehead atoms. The smallest absolute Gasteiger partial charge is 0.299 e. The van der Waals surface area contributed by atoms with Gasteiger partial charge < -0.3 is 4.74 Å². The molecule has 9 nitrogen and oxygen atoms in total. The van der Waals surface area contributed by atoms with Gasteiger partial charge in [-0.3, -0.25) is 19.2 Å². The monoisotopic (exact) mass is 451 g/mol. The molecule has 1 unspecified atom stereocenters. The fourth-order valence-electron chi connectivity index (χ4n) is 3.83. The lowest BCUT2D eigenvalue weighted by Gasteiger charge is -2.13. The van der Waals surface area contributed by atoms with Crippen LogP contribution in [0.4, 0.5) is 5.69 Å². The van der Waals surface area contributed by atoms with Gasteiger partial charge in [-0.25, -0.2) is 0 Å². The molecule has 2 N–H and O–H groups in total. The van der Waals surface area contributed by atoms with Crippen molar-refractivity contribution in [1.82, 2.24) is 19.5 Å². The molecule has 2 aromatic heterocycles. The van der Waals surface area contributed by atoms with Crippen molar-refractivity contribution in [2.75, 3.05) is 17.9 Å². The number of nitrogens with zero attached hydrogens (tertiary/aromatic N) is 3. The van der Waals surface area contributed by atoms with Crippen LogP contribution in [-0.2, 0) is 22.0 Å². The summed E-state index contributed by atoms with van der Waals surface area (Å²) in [6.07, 6.45) is 5.89. The van der Waals surface area contributed by atoms with Crippen molar-refractivity contribution >= 4 is 37.6 Å². The van der Waals surface area contributed by atoms with Gasteiger partial charge in [-0.05, 0) is 36.1 Å². The third-order valence-corrected chi connectivity index (χ3v) is 6.57. The number of anilines is 1. The molecule has 1 atom stereocenters. The van der Waals surface area contributed by atoms with Gasteiger partial charge in [-0.1, -0.05) is 12.1 Å². The molecule has 0 radical (unpaired) electrons. The molecule has 5 rings (SSSR count). The summed E-state index contributed by atoms with van der Waals surface area (Å²) in [5.74, 6) is 0. The SMILES string of the molecule is Cn1cc(-c2cnc3ccc4ccc(NS(=O)(=O)NC5CCOC5)cc4c(=O)c3c2)cn1. The number of hydrogen-bond donors (Lipinski definition) is 2. The molecule has 164 valence electrons. The largest absolute Gasteiger partial charge is 0.380 e. The van der Waals surface area contributed by atoms with Crippen molar-refractivity contribution in [1.29, 1.82) is 0 Å². The molecule has 4 aromatic rings. The molecule has 1 aliphatic heterocycles. The summed E-state index contributed by atoms with van der Waals surface area (Å²) in [6, 6.07) is 10.0. The van der Waals surface area contributed by atoms with E-state index >= 15 is 0 Å². The minimum Gasteiger partial charge on any atom is -0.380 e. The van der Waals surface area contributed by atoms with Crippen LogP contribution in [0.3, 0.4) is 0 Å². The number of benzene rings is 1. The van der Waals surface area contributed by atoms with Gasteiger partial charge in [-0.15, -0.1) is 0 Å². The molecule has 2 aromatic carbocycles. The summed E-state index contributed by atoms with van der Waals surface area (Å²) in [5, 5.41) is 5.71. The Hall–Kier alpha value is -3.34. The highest BCUT2D eigenvalue weighted by Crippen LogP contribution is 2.23. The van der Waals surface area contributed by atoms with Crippen LogP contribution in [0.25, 0.3) is 32.8 Å². The molecule has 0 aliphatic carbocycles. The van der Waals surface area contributed by atoms with Gasteiger partial charge in [0.25, 0.3) is 10.2 Å². The predicted octanol–water partition coefficient (Wildman–Crippen LogP) is 2.18. The van der Waals surface area contributed by atoms with Gasteiger partial charge in [0.1, 0.15) is 0 Å². The second kappa shape index (κ2) is 7.97. The fraction of sp³-hybridized carbons (Fsp3) is 0.227. The summed E-state index contributed by atoms with van der Waals surface area (Å²) in [5.41, 5.74) is 2.27. The number of rotatable bonds is 5. The van der Waals surface area contributed by atoms with E-state index < -0.39 is 10.2 Å². The molecule has 1 aliphatic rings. The Morgan fingerprint density at radius 3 is 2.69 bits per heavy atom. The van der Waals surface area contributed by atoms with Crippen LogP contribution in [0.15, 0.2) is 59.8 Å². The quantitative estimate of drug-likeness (QED) is 0.481. The first-order valence-electron chi connectivity index (χ1n) is 10.1. The van der Waals surface area contributed by atoms with Crippen LogP contribution in [0.5, 0.6) is 0 Å². The zero-order valence-corrected chi connectivity index (χ0v) is 18.1. The molecule has 0 amide bonds. The van der Waals surface area contributed by atoms with Crippen molar-refractivity contribution in [3.05, 3.63) is 65.2 Å². The lowest BCUT2D eigenvalue weighted by Crippen LogP contribution is -2.38. The highest BCUT2D eigenvalue weighted by atomic mass is 32.2. The zero-order valence-electron chi connectivity index (χ0n) is 17.3. The maximum Gasteiger partial charge on any atom is 0.299 e. The first-order valence-corrected chi connectivity index (χ1v) is 11.6. The van der Waals surface area contributed by atoms with Crippen LogP contribution in [0.2, 0.25) is 0 Å². The van der Waals surface area contributed by atoms with Gasteiger partial charge >= 0.3 is 0 Å². The Labute approximate surface area is 184 Å². The second-order valence-corrected chi connectivity index (χ2v) is 9.25. The average Bonchev–Trinajstić information content (AvgIpc) is 3.40. The second-order valence-electron chi connectivity index (χ2n) is 7.81. The normalized spacial score (nSPS) is 16.6. The number of aryl methyl sites for hydroxylation is 1. The Morgan fingerprint density at radius 2 is 1.94 bits per heavy atom. The third-order valence-electron chi connectivity index (χ3n) is 5.42. The maximum absolute atomic E-state index is 13.4. The highest BCUT2D eigenvalue weighted by molar-refractivity contribution is 7.90. The summed E-state index contributed by atoms with van der Waals surface area (Å²) >= 11 is 0. The Kier molecular flexibility index (Phi) is 5.12. The molecule has 10 heteroatoms. The summed E-state index contributed by atoms with van der Waals surface area (Å²) < 4.78 is 36.9. The molecule has 1 fully saturated rings. The van der Waals surface area contributed by atoms with E-state index in [1.165, 1.54) is 0 Å². The maximum atomic E-state index is 13.4. The lowest BCUT2D eigenvalue weighted by molar-refractivity contribution is 0.192. The fourth-order valence-corrected chi connectivity index (χ4v) is 4.95. The topological polar surface area (TPSA) is 115 Å². The molecule has 1 saturated heterocycles. The average molecular weight is 452 g/mol.